The molecule has 0 saturated heterocycles. The van der Waals surface area contributed by atoms with E-state index in [1.807, 2.05) is 0 Å². The Kier molecular flexibility index (Phi) is 148. The van der Waals surface area contributed by atoms with Crippen LogP contribution in [0.5, 0.6) is 0 Å². The first kappa shape index (κ1) is 83.3. The zero-order valence-corrected chi connectivity index (χ0v) is 30.5. The molecule has 0 amide bonds. The van der Waals surface area contributed by atoms with Gasteiger partial charge in [-0.2, -0.15) is 0 Å². The molecule has 0 atom stereocenters. The maximum Gasteiger partial charge on any atom is 3.00 e. The summed E-state index contributed by atoms with van der Waals surface area (Å²) in [5.74, 6) is 0. The van der Waals surface area contributed by atoms with Gasteiger partial charge in [-0.25, -0.2) is 0 Å². The van der Waals surface area contributed by atoms with Crippen molar-refractivity contribution in [2.24, 2.45) is 0 Å². The summed E-state index contributed by atoms with van der Waals surface area (Å²) < 4.78 is 0. The Labute approximate surface area is 291 Å². The van der Waals surface area contributed by atoms with Crippen LogP contribution in [-0.4, -0.2) is 153 Å². The van der Waals surface area contributed by atoms with Crippen LogP contribution in [0.1, 0.15) is 0 Å². The van der Waals surface area contributed by atoms with Crippen molar-refractivity contribution in [2.45, 2.75) is 0 Å². The summed E-state index contributed by atoms with van der Waals surface area (Å²) >= 11 is 0. The number of rotatable bonds is 9. The second-order valence-corrected chi connectivity index (χ2v) is 7.82. The molecule has 0 spiro atoms. The van der Waals surface area contributed by atoms with Gasteiger partial charge in [-0.1, -0.05) is 0 Å². The van der Waals surface area contributed by atoms with Crippen LogP contribution >= 0.6 is 0 Å². The molecule has 0 unspecified atom stereocenters. The Balaban J connectivity index is -0.0000000154. The molecule has 10 heteroatoms. The third-order valence-corrected chi connectivity index (χ3v) is 2.98. The van der Waals surface area contributed by atoms with Crippen molar-refractivity contribution >= 4 is 0 Å². The summed E-state index contributed by atoms with van der Waals surface area (Å²) in [6, 6.07) is 0. The fourth-order valence-electron chi connectivity index (χ4n) is 1.20. The van der Waals surface area contributed by atoms with Gasteiger partial charge >= 0.3 is 96.5 Å². The zero-order valence-electron chi connectivity index (χ0n) is 28.3. The number of likely N-dealkylation sites (N-methyl/N-ethyl adjacent to an activating group) is 6. The average molecular weight is 617 g/mol. The molecule has 0 aromatic heterocycles. The molecule has 6 nitrogen and oxygen atoms in total. The van der Waals surface area contributed by atoms with E-state index >= 15 is 0 Å². The Morgan fingerprint density at radius 2 is 0.324 bits per heavy atom. The van der Waals surface area contributed by atoms with Crippen LogP contribution in [0.2, 0.25) is 0 Å². The van der Waals surface area contributed by atoms with Gasteiger partial charge in [0.25, 0.3) is 0 Å². The van der Waals surface area contributed by atoms with Crippen molar-refractivity contribution in [1.29, 1.82) is 0 Å². The van der Waals surface area contributed by atoms with Crippen LogP contribution in [0, 0.1) is 84.5 Å². The fraction of sp³-hybridized carbons (Fsp3) is 0.750. The summed E-state index contributed by atoms with van der Waals surface area (Å²) in [4.78, 5) is 13.1. The van der Waals surface area contributed by atoms with E-state index in [1.54, 1.807) is 0 Å². The van der Waals surface area contributed by atoms with Gasteiger partial charge in [-0.15, -0.1) is 0 Å². The molecule has 0 aromatic carbocycles. The summed E-state index contributed by atoms with van der Waals surface area (Å²) in [7, 11) is 25.0. The van der Waals surface area contributed by atoms with Crippen molar-refractivity contribution in [3.8, 4) is 0 Å². The van der Waals surface area contributed by atoms with Gasteiger partial charge in [0, 0.05) is 39.3 Å². The number of hydrogen-bond donors (Lipinski definition) is 0. The summed E-state index contributed by atoms with van der Waals surface area (Å²) in [5, 5.41) is 0. The van der Waals surface area contributed by atoms with E-state index in [9.17, 15) is 0 Å². The van der Waals surface area contributed by atoms with Crippen LogP contribution in [0.4, 0.5) is 0 Å². The maximum absolute atomic E-state index is 2.18. The minimum atomic E-state index is 0. The first-order valence-electron chi connectivity index (χ1n) is 8.76. The molecule has 0 fully saturated rings. The fourth-order valence-corrected chi connectivity index (χ4v) is 1.20. The van der Waals surface area contributed by atoms with E-state index in [2.05, 4.69) is 114 Å². The van der Waals surface area contributed by atoms with Gasteiger partial charge in [0.05, 0.1) is 0 Å². The van der Waals surface area contributed by atoms with Crippen molar-refractivity contribution in [3.05, 3.63) is 44.6 Å². The first-order chi connectivity index (χ1) is 10.9. The third kappa shape index (κ3) is 125. The SMILES string of the molecule is CN(C)CCN(C)C.CN(C)CCN(C)C.CN(C)CCN(C)C.[CH3-].[CH3-].[CH3-].[CH3-].[CH3-].[CH3-].[Gd+3].[Li+].[Li+].[Li+]. The second-order valence-electron chi connectivity index (χ2n) is 7.82. The van der Waals surface area contributed by atoms with E-state index in [-0.39, 0.29) is 141 Å². The molecule has 0 rings (SSSR count). The number of hydrogen-bond acceptors (Lipinski definition) is 6. The largest absolute Gasteiger partial charge is 3.00 e. The van der Waals surface area contributed by atoms with Gasteiger partial charge in [0.2, 0.25) is 0 Å². The summed E-state index contributed by atoms with van der Waals surface area (Å²) in [6.45, 7) is 6.88. The third-order valence-electron chi connectivity index (χ3n) is 2.98. The van der Waals surface area contributed by atoms with E-state index in [4.69, 9.17) is 0 Å². The van der Waals surface area contributed by atoms with E-state index < -0.39 is 0 Å². The van der Waals surface area contributed by atoms with Crippen LogP contribution < -0.4 is 56.6 Å². The molecule has 203 valence electrons. The maximum atomic E-state index is 2.18. The van der Waals surface area contributed by atoms with E-state index in [0.717, 1.165) is 39.3 Å². The predicted octanol–water partition coefficient (Wildman–Crippen LogP) is -5.96. The molecule has 0 aliphatic rings. The molecule has 34 heavy (non-hydrogen) atoms. The van der Waals surface area contributed by atoms with Gasteiger partial charge < -0.3 is 74.0 Å². The van der Waals surface area contributed by atoms with E-state index in [1.165, 1.54) is 0 Å². The Morgan fingerprint density at radius 1 is 0.265 bits per heavy atom. The Hall–Kier alpha value is 2.88. The van der Waals surface area contributed by atoms with Gasteiger partial charge in [-0.3, -0.25) is 0 Å². The molecular weight excluding hydrogens is 550 g/mol. The molecule has 1 radical (unpaired) electrons. The summed E-state index contributed by atoms with van der Waals surface area (Å²) in [6.07, 6.45) is 0. The van der Waals surface area contributed by atoms with Crippen LogP contribution in [0.3, 0.4) is 0 Å². The first-order valence-corrected chi connectivity index (χ1v) is 8.76. The quantitative estimate of drug-likeness (QED) is 0.189. The Morgan fingerprint density at radius 3 is 0.353 bits per heavy atom. The van der Waals surface area contributed by atoms with Crippen molar-refractivity contribution in [2.75, 3.05) is 124 Å². The monoisotopic (exact) mass is 618 g/mol. The molecule has 0 aromatic rings. The van der Waals surface area contributed by atoms with Crippen molar-refractivity contribution in [3.63, 3.8) is 0 Å². The molecule has 0 N–H and O–H groups in total. The Bertz CT molecular complexity index is 189. The van der Waals surface area contributed by atoms with Crippen molar-refractivity contribution < 1.29 is 96.5 Å². The molecule has 0 heterocycles. The van der Waals surface area contributed by atoms with Crippen LogP contribution in [0.25, 0.3) is 0 Å². The molecular formula is C24H66GdLi3N6. The van der Waals surface area contributed by atoms with Crippen LogP contribution in [0.15, 0.2) is 0 Å². The second kappa shape index (κ2) is 60.4. The zero-order chi connectivity index (χ0) is 19.7. The average Bonchev–Trinajstić information content (AvgIpc) is 2.42. The van der Waals surface area contributed by atoms with Gasteiger partial charge in [0.15, 0.2) is 0 Å². The molecule has 0 saturated carbocycles. The molecule has 0 aliphatic carbocycles. The molecule has 0 aliphatic heterocycles. The van der Waals surface area contributed by atoms with Gasteiger partial charge in [0.1, 0.15) is 0 Å². The number of nitrogens with zero attached hydrogens (tertiary/aromatic N) is 6. The molecule has 0 bridgehead atoms. The smallest absolute Gasteiger partial charge is 0.358 e. The predicted molar refractivity (Wildman–Crippen MR) is 150 cm³/mol. The van der Waals surface area contributed by atoms with Crippen LogP contribution in [-0.2, 0) is 0 Å². The minimum absolute atomic E-state index is 0. The topological polar surface area (TPSA) is 19.4 Å². The van der Waals surface area contributed by atoms with Gasteiger partial charge in [-0.05, 0) is 84.6 Å². The minimum Gasteiger partial charge on any atom is -0.358 e. The standard InChI is InChI=1S/3C6H16N2.6CH3.Gd.3Li/c3*1-7(2)5-6-8(3)4;;;;;;;;;;/h3*5-6H2,1-4H3;6*1H3;;;;/q;;;6*-1;+3;3*+1. The summed E-state index contributed by atoms with van der Waals surface area (Å²) in [5.41, 5.74) is 0. The van der Waals surface area contributed by atoms with E-state index in [0.29, 0.717) is 0 Å². The van der Waals surface area contributed by atoms with Crippen molar-refractivity contribution in [1.82, 2.24) is 29.4 Å². The normalized spacial score (nSPS) is 7.94.